The molecule has 1 aromatic heterocycles. The second-order valence-electron chi connectivity index (χ2n) is 8.19. The summed E-state index contributed by atoms with van der Waals surface area (Å²) in [4.78, 5) is 18.5. The second-order valence-corrected chi connectivity index (χ2v) is 8.19. The Morgan fingerprint density at radius 1 is 1.27 bits per heavy atom. The van der Waals surface area contributed by atoms with Crippen molar-refractivity contribution in [3.8, 4) is 0 Å². The average molecular weight is 380 g/mol. The molecule has 0 aromatic carbocycles. The Morgan fingerprint density at radius 3 is 2.46 bits per heavy atom. The molecule has 3 fully saturated rings. The molecule has 2 bridgehead atoms. The first-order valence-electron chi connectivity index (χ1n) is 9.61. The van der Waals surface area contributed by atoms with Crippen LogP contribution >= 0.6 is 12.4 Å². The standard InChI is InChI=1S/C20H29N3O2.ClH/c1-13-6-7-18(13)23-11-15-4-3-5-16(12-23)20(15,25-2)14-8-9-22-17(10-14)19(21)24;/h8-10,13,15-16,18H,3-7,11-12H2,1-2H3,(H2,21,24);1H/t13-,15-,16+,18-,20+;/m1./s1. The van der Waals surface area contributed by atoms with Crippen molar-refractivity contribution in [2.75, 3.05) is 20.2 Å². The van der Waals surface area contributed by atoms with Crippen molar-refractivity contribution in [1.29, 1.82) is 0 Å². The Kier molecular flexibility index (Phi) is 5.61. The summed E-state index contributed by atoms with van der Waals surface area (Å²) in [5.41, 5.74) is 6.57. The summed E-state index contributed by atoms with van der Waals surface area (Å²) < 4.78 is 6.27. The SMILES string of the molecule is CO[C@@]1(c2ccnc(C(N)=O)c2)[C@@H]2CCC[C@H]1CN([C@@H]1CC[C@H]1C)C2.Cl. The normalized spacial score (nSPS) is 36.7. The molecule has 1 aromatic rings. The van der Waals surface area contributed by atoms with E-state index in [1.54, 1.807) is 6.20 Å². The lowest BCUT2D eigenvalue weighted by molar-refractivity contribution is -0.181. The summed E-state index contributed by atoms with van der Waals surface area (Å²) in [5.74, 6) is 1.26. The largest absolute Gasteiger partial charge is 0.373 e. The Bertz CT molecular complexity index is 654. The van der Waals surface area contributed by atoms with Crippen LogP contribution in [0.3, 0.4) is 0 Å². The smallest absolute Gasteiger partial charge is 0.267 e. The van der Waals surface area contributed by atoms with Crippen LogP contribution in [-0.2, 0) is 10.3 Å². The molecule has 0 unspecified atom stereocenters. The van der Waals surface area contributed by atoms with Crippen LogP contribution in [0.2, 0.25) is 0 Å². The Morgan fingerprint density at radius 2 is 1.96 bits per heavy atom. The molecule has 1 aliphatic heterocycles. The third-order valence-corrected chi connectivity index (χ3v) is 7.07. The van der Waals surface area contributed by atoms with Gasteiger partial charge >= 0.3 is 0 Å². The Hall–Kier alpha value is -1.17. The maximum Gasteiger partial charge on any atom is 0.267 e. The molecule has 144 valence electrons. The molecule has 2 N–H and O–H groups in total. The fourth-order valence-corrected chi connectivity index (χ4v) is 5.66. The number of primary amides is 1. The van der Waals surface area contributed by atoms with E-state index in [4.69, 9.17) is 10.5 Å². The quantitative estimate of drug-likeness (QED) is 0.873. The van der Waals surface area contributed by atoms with Gasteiger partial charge in [-0.1, -0.05) is 13.3 Å². The fourth-order valence-electron chi connectivity index (χ4n) is 5.66. The minimum atomic E-state index is -0.473. The van der Waals surface area contributed by atoms with Crippen molar-refractivity contribution in [2.24, 2.45) is 23.5 Å². The van der Waals surface area contributed by atoms with Crippen molar-refractivity contribution >= 4 is 18.3 Å². The highest BCUT2D eigenvalue weighted by atomic mass is 35.5. The van der Waals surface area contributed by atoms with Gasteiger partial charge in [-0.2, -0.15) is 0 Å². The van der Waals surface area contributed by atoms with Gasteiger partial charge in [-0.25, -0.2) is 0 Å². The van der Waals surface area contributed by atoms with Crippen LogP contribution < -0.4 is 5.73 Å². The van der Waals surface area contributed by atoms with Gasteiger partial charge in [0.1, 0.15) is 11.3 Å². The molecule has 5 atom stereocenters. The van der Waals surface area contributed by atoms with Crippen molar-refractivity contribution in [3.05, 3.63) is 29.6 Å². The molecular formula is C20H30ClN3O2. The third kappa shape index (κ3) is 2.94. The van der Waals surface area contributed by atoms with E-state index >= 15 is 0 Å². The summed E-state index contributed by atoms with van der Waals surface area (Å²) in [6.07, 6.45) is 8.01. The monoisotopic (exact) mass is 379 g/mol. The number of pyridine rings is 1. The number of fused-ring (bicyclic) bond motifs is 2. The number of methoxy groups -OCH3 is 1. The molecule has 6 heteroatoms. The lowest BCUT2D eigenvalue weighted by atomic mass is 9.61. The van der Waals surface area contributed by atoms with E-state index in [0.717, 1.165) is 30.6 Å². The number of nitrogens with two attached hydrogens (primary N) is 1. The van der Waals surface area contributed by atoms with Gasteiger partial charge in [-0.15, -0.1) is 12.4 Å². The van der Waals surface area contributed by atoms with Gasteiger partial charge in [0.2, 0.25) is 0 Å². The molecule has 2 aliphatic carbocycles. The predicted molar refractivity (Wildman–Crippen MR) is 103 cm³/mol. The van der Waals surface area contributed by atoms with E-state index in [2.05, 4.69) is 16.8 Å². The number of carbonyl (C=O) groups excluding carboxylic acids is 1. The molecule has 2 heterocycles. The van der Waals surface area contributed by atoms with Crippen LogP contribution in [0.4, 0.5) is 0 Å². The molecule has 0 spiro atoms. The second kappa shape index (κ2) is 7.45. The van der Waals surface area contributed by atoms with E-state index in [9.17, 15) is 4.79 Å². The van der Waals surface area contributed by atoms with Crippen molar-refractivity contribution in [3.63, 3.8) is 0 Å². The highest BCUT2D eigenvalue weighted by Gasteiger charge is 2.54. The summed E-state index contributed by atoms with van der Waals surface area (Å²) in [5, 5.41) is 0. The van der Waals surface area contributed by atoms with Crippen molar-refractivity contribution < 1.29 is 9.53 Å². The van der Waals surface area contributed by atoms with Crippen molar-refractivity contribution in [1.82, 2.24) is 9.88 Å². The highest BCUT2D eigenvalue weighted by Crippen LogP contribution is 2.52. The number of carbonyl (C=O) groups is 1. The molecule has 5 nitrogen and oxygen atoms in total. The van der Waals surface area contributed by atoms with E-state index in [1.807, 2.05) is 19.2 Å². The number of piperidine rings is 1. The first kappa shape index (κ1) is 19.6. The van der Waals surface area contributed by atoms with Gasteiger partial charge < -0.3 is 10.5 Å². The molecular weight excluding hydrogens is 350 g/mol. The summed E-state index contributed by atoms with van der Waals surface area (Å²) >= 11 is 0. The van der Waals surface area contributed by atoms with Crippen LogP contribution in [-0.4, -0.2) is 42.0 Å². The van der Waals surface area contributed by atoms with Crippen LogP contribution in [0.5, 0.6) is 0 Å². The Labute approximate surface area is 162 Å². The number of rotatable bonds is 4. The zero-order valence-corrected chi connectivity index (χ0v) is 16.5. The Balaban J connectivity index is 0.00000196. The summed E-state index contributed by atoms with van der Waals surface area (Å²) in [6, 6.07) is 4.62. The predicted octanol–water partition coefficient (Wildman–Crippen LogP) is 2.97. The van der Waals surface area contributed by atoms with Gasteiger partial charge in [-0.3, -0.25) is 14.7 Å². The fraction of sp³-hybridized carbons (Fsp3) is 0.700. The zero-order chi connectivity index (χ0) is 17.6. The van der Waals surface area contributed by atoms with Crippen molar-refractivity contribution in [2.45, 2.75) is 50.7 Å². The van der Waals surface area contributed by atoms with E-state index in [-0.39, 0.29) is 18.0 Å². The number of hydrogen-bond acceptors (Lipinski definition) is 4. The van der Waals surface area contributed by atoms with E-state index < -0.39 is 5.91 Å². The molecule has 26 heavy (non-hydrogen) atoms. The van der Waals surface area contributed by atoms with E-state index in [1.165, 1.54) is 32.1 Å². The van der Waals surface area contributed by atoms with Crippen LogP contribution in [0.25, 0.3) is 0 Å². The molecule has 1 saturated heterocycles. The van der Waals surface area contributed by atoms with Gasteiger partial charge in [0.05, 0.1) is 0 Å². The highest BCUT2D eigenvalue weighted by molar-refractivity contribution is 5.90. The summed E-state index contributed by atoms with van der Waals surface area (Å²) in [7, 11) is 1.83. The maximum absolute atomic E-state index is 11.6. The number of aromatic nitrogens is 1. The third-order valence-electron chi connectivity index (χ3n) is 7.07. The first-order chi connectivity index (χ1) is 12.1. The zero-order valence-electron chi connectivity index (χ0n) is 15.7. The number of nitrogens with zero attached hydrogens (tertiary/aromatic N) is 2. The molecule has 2 saturated carbocycles. The summed E-state index contributed by atoms with van der Waals surface area (Å²) in [6.45, 7) is 4.56. The van der Waals surface area contributed by atoms with Crippen LogP contribution in [0, 0.1) is 17.8 Å². The number of ether oxygens (including phenoxy) is 1. The lowest BCUT2D eigenvalue weighted by Gasteiger charge is -2.58. The minimum absolute atomic E-state index is 0. The number of likely N-dealkylation sites (tertiary alicyclic amines) is 1. The van der Waals surface area contributed by atoms with Gasteiger partial charge in [0.25, 0.3) is 5.91 Å². The van der Waals surface area contributed by atoms with Crippen LogP contribution in [0.15, 0.2) is 18.3 Å². The molecule has 0 radical (unpaired) electrons. The topological polar surface area (TPSA) is 68.5 Å². The molecule has 1 amide bonds. The minimum Gasteiger partial charge on any atom is -0.373 e. The molecule has 4 rings (SSSR count). The maximum atomic E-state index is 11.6. The van der Waals surface area contributed by atoms with Gasteiger partial charge in [0, 0.05) is 44.3 Å². The number of hydrogen-bond donors (Lipinski definition) is 1. The first-order valence-corrected chi connectivity index (χ1v) is 9.61. The van der Waals surface area contributed by atoms with Gasteiger partial charge in [-0.05, 0) is 49.3 Å². The number of halogens is 1. The number of amides is 1. The van der Waals surface area contributed by atoms with Gasteiger partial charge in [0.15, 0.2) is 0 Å². The average Bonchev–Trinajstić information content (AvgIpc) is 2.59. The van der Waals surface area contributed by atoms with Crippen LogP contribution in [0.1, 0.15) is 55.1 Å². The molecule has 3 aliphatic rings. The lowest BCUT2D eigenvalue weighted by Crippen LogP contribution is -2.62. The van der Waals surface area contributed by atoms with E-state index in [0.29, 0.717) is 17.5 Å².